The highest BCUT2D eigenvalue weighted by Gasteiger charge is 2.24. The molecule has 0 saturated heterocycles. The molecule has 0 fully saturated rings. The van der Waals surface area contributed by atoms with Gasteiger partial charge in [-0.25, -0.2) is 9.48 Å². The Morgan fingerprint density at radius 2 is 1.81 bits per heavy atom. The number of esters is 1. The van der Waals surface area contributed by atoms with Crippen LogP contribution in [-0.2, 0) is 11.2 Å². The van der Waals surface area contributed by atoms with Crippen LogP contribution < -0.4 is 5.73 Å². The molecule has 0 bridgehead atoms. The van der Waals surface area contributed by atoms with E-state index in [0.717, 1.165) is 22.5 Å². The van der Waals surface area contributed by atoms with Gasteiger partial charge in [-0.3, -0.25) is 0 Å². The first-order valence-corrected chi connectivity index (χ1v) is 8.67. The van der Waals surface area contributed by atoms with Crippen molar-refractivity contribution in [3.63, 3.8) is 0 Å². The first-order chi connectivity index (χ1) is 12.5. The SMILES string of the molecule is CCOC(=O)c1c(C)nn(-c2ccc(C)cc2)c1Cc1ccccc1N. The molecule has 0 unspecified atom stereocenters. The third-order valence-corrected chi connectivity index (χ3v) is 4.33. The van der Waals surface area contributed by atoms with Gasteiger partial charge in [0.15, 0.2) is 0 Å². The summed E-state index contributed by atoms with van der Waals surface area (Å²) < 4.78 is 7.08. The molecule has 3 aromatic rings. The highest BCUT2D eigenvalue weighted by Crippen LogP contribution is 2.25. The molecule has 2 aromatic carbocycles. The van der Waals surface area contributed by atoms with Crippen molar-refractivity contribution >= 4 is 11.7 Å². The van der Waals surface area contributed by atoms with Crippen molar-refractivity contribution in [1.82, 2.24) is 9.78 Å². The Hall–Kier alpha value is -3.08. The minimum Gasteiger partial charge on any atom is -0.462 e. The second kappa shape index (κ2) is 7.44. The van der Waals surface area contributed by atoms with Crippen LogP contribution in [0.25, 0.3) is 5.69 Å². The number of carbonyl (C=O) groups excluding carboxylic acids is 1. The Balaban J connectivity index is 2.15. The molecule has 0 amide bonds. The third kappa shape index (κ3) is 3.47. The fraction of sp³-hybridized carbons (Fsp3) is 0.238. The van der Waals surface area contributed by atoms with E-state index in [4.69, 9.17) is 10.5 Å². The largest absolute Gasteiger partial charge is 0.462 e. The van der Waals surface area contributed by atoms with Crippen molar-refractivity contribution in [2.24, 2.45) is 0 Å². The number of rotatable bonds is 5. The summed E-state index contributed by atoms with van der Waals surface area (Å²) in [5.74, 6) is -0.354. The zero-order chi connectivity index (χ0) is 18.7. The molecule has 1 aromatic heterocycles. The summed E-state index contributed by atoms with van der Waals surface area (Å²) in [6.45, 7) is 5.98. The number of ether oxygens (including phenoxy) is 1. The number of para-hydroxylation sites is 1. The highest BCUT2D eigenvalue weighted by molar-refractivity contribution is 5.92. The molecule has 0 spiro atoms. The average Bonchev–Trinajstić information content (AvgIpc) is 2.94. The maximum Gasteiger partial charge on any atom is 0.341 e. The van der Waals surface area contributed by atoms with Gasteiger partial charge in [-0.1, -0.05) is 35.9 Å². The molecule has 5 nitrogen and oxygen atoms in total. The summed E-state index contributed by atoms with van der Waals surface area (Å²) >= 11 is 0. The zero-order valence-electron chi connectivity index (χ0n) is 15.3. The lowest BCUT2D eigenvalue weighted by molar-refractivity contribution is 0.0524. The van der Waals surface area contributed by atoms with Crippen LogP contribution in [0.2, 0.25) is 0 Å². The van der Waals surface area contributed by atoms with E-state index >= 15 is 0 Å². The van der Waals surface area contributed by atoms with Crippen LogP contribution in [0.1, 0.15) is 39.8 Å². The van der Waals surface area contributed by atoms with Gasteiger partial charge in [0.1, 0.15) is 5.56 Å². The minimum absolute atomic E-state index is 0.320. The summed E-state index contributed by atoms with van der Waals surface area (Å²) in [4.78, 5) is 12.6. The second-order valence-electron chi connectivity index (χ2n) is 6.25. The fourth-order valence-electron chi connectivity index (χ4n) is 2.98. The van der Waals surface area contributed by atoms with E-state index in [1.165, 1.54) is 0 Å². The van der Waals surface area contributed by atoms with Gasteiger partial charge in [0.05, 0.1) is 23.7 Å². The van der Waals surface area contributed by atoms with Crippen LogP contribution in [0.15, 0.2) is 48.5 Å². The molecule has 0 saturated carbocycles. The van der Waals surface area contributed by atoms with Crippen LogP contribution in [0.4, 0.5) is 5.69 Å². The number of anilines is 1. The Morgan fingerprint density at radius 1 is 1.12 bits per heavy atom. The van der Waals surface area contributed by atoms with Gasteiger partial charge in [0.25, 0.3) is 0 Å². The van der Waals surface area contributed by atoms with Crippen molar-refractivity contribution in [2.45, 2.75) is 27.2 Å². The van der Waals surface area contributed by atoms with Crippen LogP contribution in [0.3, 0.4) is 0 Å². The van der Waals surface area contributed by atoms with Crippen molar-refractivity contribution in [3.8, 4) is 5.69 Å². The van der Waals surface area contributed by atoms with E-state index in [-0.39, 0.29) is 5.97 Å². The normalized spacial score (nSPS) is 10.7. The number of hydrogen-bond acceptors (Lipinski definition) is 4. The van der Waals surface area contributed by atoms with Gasteiger partial charge in [0, 0.05) is 12.1 Å². The van der Waals surface area contributed by atoms with E-state index in [1.807, 2.05) is 67.1 Å². The predicted molar refractivity (Wildman–Crippen MR) is 103 cm³/mol. The first kappa shape index (κ1) is 17.7. The molecule has 0 atom stereocenters. The van der Waals surface area contributed by atoms with Crippen LogP contribution in [-0.4, -0.2) is 22.4 Å². The zero-order valence-corrected chi connectivity index (χ0v) is 15.3. The van der Waals surface area contributed by atoms with Gasteiger partial charge in [-0.2, -0.15) is 5.10 Å². The Bertz CT molecular complexity index is 927. The fourth-order valence-corrected chi connectivity index (χ4v) is 2.98. The smallest absolute Gasteiger partial charge is 0.341 e. The molecule has 134 valence electrons. The van der Waals surface area contributed by atoms with E-state index in [0.29, 0.717) is 30.0 Å². The van der Waals surface area contributed by atoms with E-state index in [9.17, 15) is 4.79 Å². The average molecular weight is 349 g/mol. The number of benzene rings is 2. The quantitative estimate of drug-likeness (QED) is 0.561. The minimum atomic E-state index is -0.354. The van der Waals surface area contributed by atoms with E-state index < -0.39 is 0 Å². The van der Waals surface area contributed by atoms with Crippen LogP contribution in [0.5, 0.6) is 0 Å². The summed E-state index contributed by atoms with van der Waals surface area (Å²) in [6, 6.07) is 15.7. The van der Waals surface area contributed by atoms with Gasteiger partial charge in [-0.15, -0.1) is 0 Å². The number of aryl methyl sites for hydroxylation is 2. The van der Waals surface area contributed by atoms with E-state index in [1.54, 1.807) is 6.92 Å². The maximum absolute atomic E-state index is 12.6. The summed E-state index contributed by atoms with van der Waals surface area (Å²) in [6.07, 6.45) is 0.496. The monoisotopic (exact) mass is 349 g/mol. The topological polar surface area (TPSA) is 70.1 Å². The van der Waals surface area contributed by atoms with Gasteiger partial charge in [0.2, 0.25) is 0 Å². The summed E-state index contributed by atoms with van der Waals surface area (Å²) in [5, 5.41) is 4.61. The second-order valence-corrected chi connectivity index (χ2v) is 6.25. The molecule has 5 heteroatoms. The molecular formula is C21H23N3O2. The number of aromatic nitrogens is 2. The van der Waals surface area contributed by atoms with Gasteiger partial charge in [-0.05, 0) is 44.5 Å². The van der Waals surface area contributed by atoms with Crippen LogP contribution in [0, 0.1) is 13.8 Å². The number of nitrogens with zero attached hydrogens (tertiary/aromatic N) is 2. The van der Waals surface area contributed by atoms with Crippen molar-refractivity contribution in [3.05, 3.63) is 76.6 Å². The molecule has 0 aliphatic carbocycles. The Labute approximate surface area is 153 Å². The third-order valence-electron chi connectivity index (χ3n) is 4.33. The first-order valence-electron chi connectivity index (χ1n) is 8.67. The molecule has 0 radical (unpaired) electrons. The van der Waals surface area contributed by atoms with Crippen molar-refractivity contribution < 1.29 is 9.53 Å². The molecule has 0 aliphatic rings. The Morgan fingerprint density at radius 3 is 2.46 bits per heavy atom. The summed E-state index contributed by atoms with van der Waals surface area (Å²) in [5.41, 5.74) is 11.8. The molecule has 3 rings (SSSR count). The molecule has 1 heterocycles. The molecule has 2 N–H and O–H groups in total. The van der Waals surface area contributed by atoms with Gasteiger partial charge >= 0.3 is 5.97 Å². The Kier molecular flexibility index (Phi) is 5.07. The van der Waals surface area contributed by atoms with Crippen molar-refractivity contribution in [1.29, 1.82) is 0 Å². The number of nitrogens with two attached hydrogens (primary N) is 1. The number of hydrogen-bond donors (Lipinski definition) is 1. The lowest BCUT2D eigenvalue weighted by Crippen LogP contribution is -2.11. The molecule has 0 aliphatic heterocycles. The number of carbonyl (C=O) groups is 1. The highest BCUT2D eigenvalue weighted by atomic mass is 16.5. The lowest BCUT2D eigenvalue weighted by Gasteiger charge is -2.11. The predicted octanol–water partition coefficient (Wildman–Crippen LogP) is 3.84. The van der Waals surface area contributed by atoms with Crippen molar-refractivity contribution in [2.75, 3.05) is 12.3 Å². The maximum atomic E-state index is 12.6. The van der Waals surface area contributed by atoms with Crippen LogP contribution >= 0.6 is 0 Å². The lowest BCUT2D eigenvalue weighted by atomic mass is 10.0. The molecular weight excluding hydrogens is 326 g/mol. The molecule has 26 heavy (non-hydrogen) atoms. The summed E-state index contributed by atoms with van der Waals surface area (Å²) in [7, 11) is 0. The standard InChI is InChI=1S/C21H23N3O2/c1-4-26-21(25)20-15(3)23-24(17-11-9-14(2)10-12-17)19(20)13-16-7-5-6-8-18(16)22/h5-12H,4,13,22H2,1-3H3. The van der Waals surface area contributed by atoms with E-state index in [2.05, 4.69) is 5.10 Å². The van der Waals surface area contributed by atoms with Gasteiger partial charge < -0.3 is 10.5 Å². The number of nitrogen functional groups attached to an aromatic ring is 1.